The summed E-state index contributed by atoms with van der Waals surface area (Å²) in [6, 6.07) is 9.81. The Bertz CT molecular complexity index is 723. The van der Waals surface area contributed by atoms with Crippen molar-refractivity contribution in [1.29, 1.82) is 5.26 Å². The quantitative estimate of drug-likeness (QED) is 0.929. The van der Waals surface area contributed by atoms with E-state index < -0.39 is 6.04 Å². The van der Waals surface area contributed by atoms with Gasteiger partial charge in [0.05, 0.1) is 22.5 Å². The van der Waals surface area contributed by atoms with Crippen molar-refractivity contribution in [3.8, 4) is 6.07 Å². The fraction of sp³-hybridized carbons (Fsp3) is 0.188. The number of carbonyl (C=O) groups is 1. The van der Waals surface area contributed by atoms with Gasteiger partial charge in [-0.1, -0.05) is 41.4 Å². The van der Waals surface area contributed by atoms with E-state index in [0.29, 0.717) is 10.6 Å². The standard InChI is InChI=1S/C16H13Cl2N3O/c1-10-5-6-11(9-20-10)7-15(22)21-14(8-19)12-3-2-4-13(17)16(12)18/h2-6,9,14H,7H2,1H3,(H,21,22). The Hall–Kier alpha value is -2.09. The molecule has 0 fully saturated rings. The molecule has 0 aliphatic heterocycles. The van der Waals surface area contributed by atoms with Crippen LogP contribution in [0.2, 0.25) is 10.0 Å². The maximum absolute atomic E-state index is 12.1. The van der Waals surface area contributed by atoms with Crippen molar-refractivity contribution >= 4 is 29.1 Å². The highest BCUT2D eigenvalue weighted by Crippen LogP contribution is 2.29. The number of amides is 1. The molecule has 112 valence electrons. The van der Waals surface area contributed by atoms with E-state index in [2.05, 4.69) is 10.3 Å². The van der Waals surface area contributed by atoms with E-state index in [9.17, 15) is 10.1 Å². The largest absolute Gasteiger partial charge is 0.336 e. The maximum Gasteiger partial charge on any atom is 0.225 e. The molecule has 0 saturated heterocycles. The molecule has 1 aromatic carbocycles. The summed E-state index contributed by atoms with van der Waals surface area (Å²) in [6.45, 7) is 1.87. The first-order valence-corrected chi connectivity index (χ1v) is 7.31. The average Bonchev–Trinajstić information content (AvgIpc) is 2.50. The third-order valence-electron chi connectivity index (χ3n) is 3.06. The van der Waals surface area contributed by atoms with Gasteiger partial charge in [-0.15, -0.1) is 0 Å². The number of aryl methyl sites for hydroxylation is 1. The zero-order valence-electron chi connectivity index (χ0n) is 11.8. The van der Waals surface area contributed by atoms with E-state index in [1.807, 2.05) is 25.1 Å². The number of aromatic nitrogens is 1. The number of nitrogens with zero attached hydrogens (tertiary/aromatic N) is 2. The van der Waals surface area contributed by atoms with E-state index in [-0.39, 0.29) is 17.4 Å². The first-order chi connectivity index (χ1) is 10.5. The molecule has 1 atom stereocenters. The molecule has 4 nitrogen and oxygen atoms in total. The highest BCUT2D eigenvalue weighted by molar-refractivity contribution is 6.42. The van der Waals surface area contributed by atoms with Gasteiger partial charge < -0.3 is 5.32 Å². The monoisotopic (exact) mass is 333 g/mol. The molecule has 0 radical (unpaired) electrons. The Balaban J connectivity index is 2.10. The van der Waals surface area contributed by atoms with E-state index in [0.717, 1.165) is 11.3 Å². The van der Waals surface area contributed by atoms with Gasteiger partial charge in [0.15, 0.2) is 0 Å². The Morgan fingerprint density at radius 3 is 2.77 bits per heavy atom. The molecule has 1 amide bonds. The van der Waals surface area contributed by atoms with Crippen LogP contribution >= 0.6 is 23.2 Å². The van der Waals surface area contributed by atoms with Crippen LogP contribution in [0.1, 0.15) is 22.9 Å². The third kappa shape index (κ3) is 3.97. The number of halogens is 2. The summed E-state index contributed by atoms with van der Waals surface area (Å²) in [5.41, 5.74) is 2.13. The van der Waals surface area contributed by atoms with Gasteiger partial charge in [0.1, 0.15) is 6.04 Å². The van der Waals surface area contributed by atoms with Gasteiger partial charge in [0.25, 0.3) is 0 Å². The van der Waals surface area contributed by atoms with Crippen molar-refractivity contribution in [1.82, 2.24) is 10.3 Å². The molecule has 0 aliphatic rings. The first-order valence-electron chi connectivity index (χ1n) is 6.55. The summed E-state index contributed by atoms with van der Waals surface area (Å²) < 4.78 is 0. The Kier molecular flexibility index (Phi) is 5.37. The normalized spacial score (nSPS) is 11.5. The molecule has 1 heterocycles. The number of carbonyl (C=O) groups excluding carboxylic acids is 1. The Morgan fingerprint density at radius 2 is 2.14 bits per heavy atom. The van der Waals surface area contributed by atoms with Gasteiger partial charge in [0.2, 0.25) is 5.91 Å². The summed E-state index contributed by atoms with van der Waals surface area (Å²) in [6.07, 6.45) is 1.78. The number of hydrogen-bond donors (Lipinski definition) is 1. The fourth-order valence-electron chi connectivity index (χ4n) is 1.92. The van der Waals surface area contributed by atoms with Crippen LogP contribution in [0.25, 0.3) is 0 Å². The lowest BCUT2D eigenvalue weighted by Gasteiger charge is -2.14. The molecule has 1 unspecified atom stereocenters. The highest BCUT2D eigenvalue weighted by atomic mass is 35.5. The summed E-state index contributed by atoms with van der Waals surface area (Å²) in [4.78, 5) is 16.2. The minimum absolute atomic E-state index is 0.143. The van der Waals surface area contributed by atoms with Crippen LogP contribution in [-0.4, -0.2) is 10.9 Å². The third-order valence-corrected chi connectivity index (χ3v) is 3.90. The summed E-state index contributed by atoms with van der Waals surface area (Å²) in [7, 11) is 0. The van der Waals surface area contributed by atoms with E-state index in [4.69, 9.17) is 23.2 Å². The minimum atomic E-state index is -0.850. The van der Waals surface area contributed by atoms with Crippen LogP contribution in [0.3, 0.4) is 0 Å². The average molecular weight is 334 g/mol. The molecule has 2 aromatic rings. The SMILES string of the molecule is Cc1ccc(CC(=O)NC(C#N)c2cccc(Cl)c2Cl)cn1. The first kappa shape index (κ1) is 16.3. The van der Waals surface area contributed by atoms with Crippen LogP contribution in [0, 0.1) is 18.3 Å². The topological polar surface area (TPSA) is 65.8 Å². The summed E-state index contributed by atoms with van der Waals surface area (Å²) in [5.74, 6) is -0.284. The lowest BCUT2D eigenvalue weighted by Crippen LogP contribution is -2.29. The van der Waals surface area contributed by atoms with Crippen LogP contribution in [-0.2, 0) is 11.2 Å². The van der Waals surface area contributed by atoms with Crippen molar-refractivity contribution < 1.29 is 4.79 Å². The van der Waals surface area contributed by atoms with Crippen LogP contribution in [0.4, 0.5) is 0 Å². The summed E-state index contributed by atoms with van der Waals surface area (Å²) in [5, 5.41) is 12.5. The van der Waals surface area contributed by atoms with E-state index in [1.165, 1.54) is 0 Å². The van der Waals surface area contributed by atoms with Crippen molar-refractivity contribution in [2.45, 2.75) is 19.4 Å². The molecule has 0 bridgehead atoms. The molecule has 2 rings (SSSR count). The molecule has 0 saturated carbocycles. The van der Waals surface area contributed by atoms with Crippen molar-refractivity contribution in [3.05, 3.63) is 63.4 Å². The lowest BCUT2D eigenvalue weighted by molar-refractivity contribution is -0.120. The minimum Gasteiger partial charge on any atom is -0.336 e. The van der Waals surface area contributed by atoms with Gasteiger partial charge in [-0.3, -0.25) is 9.78 Å². The zero-order valence-corrected chi connectivity index (χ0v) is 13.3. The van der Waals surface area contributed by atoms with Crippen molar-refractivity contribution in [3.63, 3.8) is 0 Å². The predicted octanol–water partition coefficient (Wildman–Crippen LogP) is 3.62. The number of nitriles is 1. The summed E-state index contributed by atoms with van der Waals surface area (Å²) >= 11 is 12.0. The van der Waals surface area contributed by atoms with Gasteiger partial charge in [-0.25, -0.2) is 0 Å². The van der Waals surface area contributed by atoms with Crippen LogP contribution in [0.15, 0.2) is 36.5 Å². The van der Waals surface area contributed by atoms with Crippen LogP contribution in [0.5, 0.6) is 0 Å². The van der Waals surface area contributed by atoms with E-state index in [1.54, 1.807) is 24.4 Å². The molecule has 6 heteroatoms. The van der Waals surface area contributed by atoms with Crippen molar-refractivity contribution in [2.24, 2.45) is 0 Å². The number of rotatable bonds is 4. The predicted molar refractivity (Wildman–Crippen MR) is 85.6 cm³/mol. The smallest absolute Gasteiger partial charge is 0.225 e. The van der Waals surface area contributed by atoms with Gasteiger partial charge in [0, 0.05) is 17.5 Å². The number of hydrogen-bond acceptors (Lipinski definition) is 3. The van der Waals surface area contributed by atoms with Crippen molar-refractivity contribution in [2.75, 3.05) is 0 Å². The Morgan fingerprint density at radius 1 is 1.36 bits per heavy atom. The van der Waals surface area contributed by atoms with Crippen LogP contribution < -0.4 is 5.32 Å². The zero-order chi connectivity index (χ0) is 16.1. The number of pyridine rings is 1. The molecule has 1 aromatic heterocycles. The number of benzene rings is 1. The second kappa shape index (κ2) is 7.26. The molecular weight excluding hydrogens is 321 g/mol. The highest BCUT2D eigenvalue weighted by Gasteiger charge is 2.18. The molecular formula is C16H13Cl2N3O. The Labute approximate surface area is 138 Å². The molecule has 22 heavy (non-hydrogen) atoms. The lowest BCUT2D eigenvalue weighted by atomic mass is 10.1. The molecule has 0 aliphatic carbocycles. The second-order valence-electron chi connectivity index (χ2n) is 4.76. The van der Waals surface area contributed by atoms with Gasteiger partial charge >= 0.3 is 0 Å². The maximum atomic E-state index is 12.1. The van der Waals surface area contributed by atoms with E-state index >= 15 is 0 Å². The van der Waals surface area contributed by atoms with Gasteiger partial charge in [-0.2, -0.15) is 5.26 Å². The number of nitrogens with one attached hydrogen (secondary N) is 1. The second-order valence-corrected chi connectivity index (χ2v) is 5.54. The molecule has 1 N–H and O–H groups in total. The molecule has 0 spiro atoms. The van der Waals surface area contributed by atoms with Gasteiger partial charge in [-0.05, 0) is 24.6 Å². The fourth-order valence-corrected chi connectivity index (χ4v) is 2.34.